The Morgan fingerprint density at radius 1 is 0.500 bits per heavy atom. The molecule has 4 aromatic rings. The minimum Gasteiger partial charge on any atom is -0.507 e. The number of fused-ring (bicyclic) bond motifs is 2. The summed E-state index contributed by atoms with van der Waals surface area (Å²) >= 11 is 0. The minimum absolute atomic E-state index is 0. The Kier molecular flexibility index (Phi) is 11.9. The van der Waals surface area contributed by atoms with Crippen LogP contribution in [0.25, 0.3) is 0 Å². The van der Waals surface area contributed by atoms with Gasteiger partial charge in [0.15, 0.2) is 0 Å². The zero-order valence-electron chi connectivity index (χ0n) is 28.8. The van der Waals surface area contributed by atoms with Gasteiger partial charge in [-0.05, 0) is 70.5 Å². The molecule has 0 aromatic heterocycles. The number of carbonyl (C=O) groups excluding carboxylic acids is 2. The average Bonchev–Trinajstić information content (AvgIpc) is 2.95. The maximum Gasteiger partial charge on any atom is 0.296 e. The number of rotatable bonds is 6. The number of nitrogens with one attached hydrogen (secondary N) is 2. The molecule has 5 rings (SSSR count). The van der Waals surface area contributed by atoms with Crippen molar-refractivity contribution in [3.05, 3.63) is 94.0 Å². The van der Waals surface area contributed by atoms with Crippen molar-refractivity contribution in [1.82, 2.24) is 0 Å². The van der Waals surface area contributed by atoms with Gasteiger partial charge in [-0.2, -0.15) is 16.8 Å². The molecule has 0 spiro atoms. The number of anilines is 4. The number of aromatic hydroxyl groups is 2. The number of hydrogen-bond acceptors (Lipinski definition) is 10. The SMILES string of the molecule is CC(C)(C)c1ccc(Nc2ccc(Nc3ccc(C(C)(C)C)cc3S(=O)(=O)O)c3c2C(=O)c2c(O)ccc(O)c2C3=O)c(S(=O)(=O)O)c1.[Na].[Na]. The van der Waals surface area contributed by atoms with E-state index in [0.717, 1.165) is 12.1 Å². The van der Waals surface area contributed by atoms with Crippen LogP contribution in [0.15, 0.2) is 70.5 Å². The van der Waals surface area contributed by atoms with Crippen LogP contribution in [0, 0.1) is 0 Å². The fourth-order valence-corrected chi connectivity index (χ4v) is 6.82. The molecule has 1 aliphatic rings. The zero-order valence-corrected chi connectivity index (χ0v) is 34.5. The van der Waals surface area contributed by atoms with Crippen molar-refractivity contribution in [3.8, 4) is 11.5 Å². The quantitative estimate of drug-likeness (QED) is 0.0706. The van der Waals surface area contributed by atoms with Gasteiger partial charge in [-0.15, -0.1) is 0 Å². The summed E-state index contributed by atoms with van der Waals surface area (Å²) in [5.41, 5.74) is -2.01. The van der Waals surface area contributed by atoms with Gasteiger partial charge in [0.1, 0.15) is 21.3 Å². The summed E-state index contributed by atoms with van der Waals surface area (Å²) in [5.74, 6) is -3.04. The minimum atomic E-state index is -4.81. The summed E-state index contributed by atoms with van der Waals surface area (Å²) in [6.07, 6.45) is 0. The van der Waals surface area contributed by atoms with Crippen molar-refractivity contribution in [1.29, 1.82) is 0 Å². The van der Waals surface area contributed by atoms with Crippen LogP contribution < -0.4 is 10.6 Å². The largest absolute Gasteiger partial charge is 0.507 e. The van der Waals surface area contributed by atoms with Crippen molar-refractivity contribution in [2.24, 2.45) is 0 Å². The first-order valence-electron chi connectivity index (χ1n) is 14.6. The number of phenols is 2. The number of hydrogen-bond donors (Lipinski definition) is 6. The van der Waals surface area contributed by atoms with E-state index in [9.17, 15) is 45.7 Å². The Hall–Kier alpha value is -2.76. The monoisotopic (exact) mass is 740 g/mol. The van der Waals surface area contributed by atoms with Crippen LogP contribution in [0.3, 0.4) is 0 Å². The van der Waals surface area contributed by atoms with E-state index in [4.69, 9.17) is 0 Å². The fraction of sp³-hybridized carbons (Fsp3) is 0.235. The van der Waals surface area contributed by atoms with Gasteiger partial charge in [0.25, 0.3) is 20.2 Å². The van der Waals surface area contributed by atoms with Gasteiger partial charge >= 0.3 is 0 Å². The number of phenolic OH excluding ortho intramolecular Hbond substituents is 2. The van der Waals surface area contributed by atoms with Gasteiger partial charge in [0, 0.05) is 59.1 Å². The molecule has 6 N–H and O–H groups in total. The summed E-state index contributed by atoms with van der Waals surface area (Å²) in [7, 11) is -9.61. The van der Waals surface area contributed by atoms with Crippen LogP contribution in [0.5, 0.6) is 11.5 Å². The van der Waals surface area contributed by atoms with Gasteiger partial charge in [-0.25, -0.2) is 0 Å². The van der Waals surface area contributed by atoms with E-state index in [-0.39, 0.29) is 93.0 Å². The molecule has 0 unspecified atom stereocenters. The predicted molar refractivity (Wildman–Crippen MR) is 191 cm³/mol. The number of benzene rings is 4. The molecule has 0 fully saturated rings. The first-order valence-corrected chi connectivity index (χ1v) is 17.5. The van der Waals surface area contributed by atoms with Gasteiger partial charge in [-0.3, -0.25) is 18.7 Å². The van der Waals surface area contributed by atoms with E-state index in [2.05, 4.69) is 10.6 Å². The summed E-state index contributed by atoms with van der Waals surface area (Å²) in [6, 6.07) is 13.3. The van der Waals surface area contributed by atoms with E-state index in [1.807, 2.05) is 41.5 Å². The van der Waals surface area contributed by atoms with Crippen molar-refractivity contribution >= 4 is 114 Å². The Morgan fingerprint density at radius 2 is 0.800 bits per heavy atom. The van der Waals surface area contributed by atoms with Crippen LogP contribution in [0.1, 0.15) is 84.5 Å². The van der Waals surface area contributed by atoms with E-state index in [1.165, 1.54) is 36.4 Å². The maximum absolute atomic E-state index is 14.1. The summed E-state index contributed by atoms with van der Waals surface area (Å²) in [6.45, 7) is 11.1. The van der Waals surface area contributed by atoms with Crippen molar-refractivity contribution in [2.45, 2.75) is 62.2 Å². The fourth-order valence-electron chi connectivity index (χ4n) is 5.47. The molecule has 0 atom stereocenters. The molecule has 16 heteroatoms. The van der Waals surface area contributed by atoms with Gasteiger partial charge < -0.3 is 20.8 Å². The Balaban J connectivity index is 0.00000338. The summed E-state index contributed by atoms with van der Waals surface area (Å²) in [5, 5.41) is 26.9. The third-order valence-electron chi connectivity index (χ3n) is 8.06. The molecule has 254 valence electrons. The van der Waals surface area contributed by atoms with E-state index in [1.54, 1.807) is 12.1 Å². The van der Waals surface area contributed by atoms with E-state index in [0.29, 0.717) is 11.1 Å². The second-order valence-electron chi connectivity index (χ2n) is 13.5. The smallest absolute Gasteiger partial charge is 0.296 e. The average molecular weight is 741 g/mol. The topological polar surface area (TPSA) is 207 Å². The summed E-state index contributed by atoms with van der Waals surface area (Å²) < 4.78 is 70.2. The van der Waals surface area contributed by atoms with Gasteiger partial charge in [0.2, 0.25) is 11.6 Å². The number of carbonyl (C=O) groups is 2. The third kappa shape index (κ3) is 7.99. The molecule has 0 saturated heterocycles. The molecular formula is C34H34N2Na2O10S2. The molecule has 2 radical (unpaired) electrons. The molecule has 0 heterocycles. The zero-order chi connectivity index (χ0) is 35.7. The molecular weight excluding hydrogens is 706 g/mol. The molecule has 4 aromatic carbocycles. The van der Waals surface area contributed by atoms with Crippen molar-refractivity contribution in [2.75, 3.05) is 10.6 Å². The standard InChI is InChI=1S/C34H34N2O10S2.2Na/c1-33(2,3)17-7-9-19(25(15-17)47(41,42)43)35-21-11-12-22(36-20-10-8-18(34(4,5)6)16-26(20)48(44,45)46)28-27(21)31(39)29-23(37)13-14-24(38)30(29)32(28)40;;/h7-16,35-38H,1-6H3,(H,41,42,43)(H,44,45,46);;. The molecule has 0 bridgehead atoms. The summed E-state index contributed by atoms with van der Waals surface area (Å²) in [4.78, 5) is 27.2. The van der Waals surface area contributed by atoms with Crippen LogP contribution in [-0.4, -0.2) is 107 Å². The van der Waals surface area contributed by atoms with Crippen molar-refractivity contribution in [3.63, 3.8) is 0 Å². The third-order valence-corrected chi connectivity index (χ3v) is 9.85. The normalized spacial score (nSPS) is 13.0. The van der Waals surface area contributed by atoms with Crippen LogP contribution in [0.2, 0.25) is 0 Å². The van der Waals surface area contributed by atoms with Crippen LogP contribution in [-0.2, 0) is 31.1 Å². The number of ketones is 2. The van der Waals surface area contributed by atoms with Gasteiger partial charge in [0.05, 0.1) is 45.0 Å². The molecule has 1 aliphatic carbocycles. The molecule has 0 aliphatic heterocycles. The van der Waals surface area contributed by atoms with Gasteiger partial charge in [-0.1, -0.05) is 53.7 Å². The Bertz CT molecular complexity index is 2120. The predicted octanol–water partition coefficient (Wildman–Crippen LogP) is 5.69. The van der Waals surface area contributed by atoms with Crippen LogP contribution >= 0.6 is 0 Å². The first-order chi connectivity index (χ1) is 22.0. The van der Waals surface area contributed by atoms with Crippen LogP contribution in [0.4, 0.5) is 22.7 Å². The maximum atomic E-state index is 14.1. The van der Waals surface area contributed by atoms with E-state index >= 15 is 0 Å². The molecule has 50 heavy (non-hydrogen) atoms. The molecule has 0 saturated carbocycles. The second kappa shape index (κ2) is 14.3. The first kappa shape index (κ1) is 41.7. The van der Waals surface area contributed by atoms with Crippen molar-refractivity contribution < 1.29 is 45.7 Å². The Labute approximate surface area is 334 Å². The second-order valence-corrected chi connectivity index (χ2v) is 16.3. The Morgan fingerprint density at radius 3 is 1.08 bits per heavy atom. The van der Waals surface area contributed by atoms with E-state index < -0.39 is 75.0 Å². The molecule has 0 amide bonds. The molecule has 12 nitrogen and oxygen atoms in total.